The van der Waals surface area contributed by atoms with Gasteiger partial charge in [0.05, 0.1) is 32.9 Å². The quantitative estimate of drug-likeness (QED) is 0.179. The van der Waals surface area contributed by atoms with E-state index < -0.39 is 178 Å². The molecule has 218 valence electrons. The topological polar surface area (TPSA) is 13.1 Å². The van der Waals surface area contributed by atoms with Crippen molar-refractivity contribution in [1.29, 1.82) is 0 Å². The van der Waals surface area contributed by atoms with E-state index in [1.165, 1.54) is 24.3 Å². The average Bonchev–Trinajstić information content (AvgIpc) is 3.74. The van der Waals surface area contributed by atoms with Gasteiger partial charge in [0.2, 0.25) is 0 Å². The highest BCUT2D eigenvalue weighted by atomic mass is 16.3. The average molecular weight is 621 g/mol. The molecule has 0 bridgehead atoms. The number of benzene rings is 9. The van der Waals surface area contributed by atoms with Gasteiger partial charge >= 0.3 is 0 Å². The lowest BCUT2D eigenvalue weighted by atomic mass is 9.85. The van der Waals surface area contributed by atoms with E-state index in [1.807, 2.05) is 0 Å². The van der Waals surface area contributed by atoms with Gasteiger partial charge in [-0.1, -0.05) is 151 Å². The molecule has 1 heterocycles. The number of furan rings is 1. The molecular weight excluding hydrogens is 569 g/mol. The second-order valence-corrected chi connectivity index (χ2v) is 10.6. The first-order valence-corrected chi connectivity index (χ1v) is 14.2. The van der Waals surface area contributed by atoms with E-state index in [9.17, 15) is 8.22 Å². The number of rotatable bonds is 3. The van der Waals surface area contributed by atoms with Crippen LogP contribution in [0.5, 0.6) is 0 Å². The molecule has 0 unspecified atom stereocenters. The molecule has 0 N–H and O–H groups in total. The van der Waals surface area contributed by atoms with Crippen molar-refractivity contribution in [2.24, 2.45) is 0 Å². The van der Waals surface area contributed by atoms with Crippen LogP contribution in [0.15, 0.2) is 174 Å². The van der Waals surface area contributed by atoms with E-state index in [0.29, 0.717) is 0 Å². The zero-order valence-electron chi connectivity index (χ0n) is 47.7. The molecule has 10 aromatic rings. The second kappa shape index (κ2) is 10.2. The first-order chi connectivity index (χ1) is 33.3. The highest BCUT2D eigenvalue weighted by molar-refractivity contribution is 6.22. The fourth-order valence-electron chi connectivity index (χ4n) is 6.06. The molecule has 1 heteroatoms. The predicted molar refractivity (Wildman–Crippen MR) is 200 cm³/mol. The third kappa shape index (κ3) is 3.97. The van der Waals surface area contributed by atoms with E-state index in [2.05, 4.69) is 0 Å². The Hall–Kier alpha value is -6.18. The van der Waals surface area contributed by atoms with Crippen LogP contribution in [0, 0.1) is 0 Å². The Morgan fingerprint density at radius 3 is 1.64 bits per heavy atom. The van der Waals surface area contributed by atoms with Gasteiger partial charge in [0, 0.05) is 16.2 Å². The molecule has 0 saturated carbocycles. The Balaban J connectivity index is 1.36. The Morgan fingerprint density at radius 1 is 0.383 bits per heavy atom. The Labute approximate surface area is 305 Å². The normalized spacial score (nSPS) is 19.0. The van der Waals surface area contributed by atoms with Gasteiger partial charge in [0.15, 0.2) is 0 Å². The summed E-state index contributed by atoms with van der Waals surface area (Å²) in [7, 11) is 0. The van der Waals surface area contributed by atoms with Crippen molar-refractivity contribution in [1.82, 2.24) is 0 Å². The monoisotopic (exact) mass is 620 g/mol. The molecule has 0 fully saturated rings. The first kappa shape index (κ1) is 11.9. The molecule has 9 aromatic carbocycles. The maximum absolute atomic E-state index is 9.44. The van der Waals surface area contributed by atoms with Gasteiger partial charge < -0.3 is 4.42 Å². The van der Waals surface area contributed by atoms with Crippen molar-refractivity contribution < 1.29 is 37.3 Å². The zero-order valence-corrected chi connectivity index (χ0v) is 23.7. The van der Waals surface area contributed by atoms with Gasteiger partial charge in [-0.2, -0.15) is 0 Å². The van der Waals surface area contributed by atoms with E-state index in [-0.39, 0.29) is 65.7 Å². The van der Waals surface area contributed by atoms with E-state index in [0.717, 1.165) is 0 Å². The summed E-state index contributed by atoms with van der Waals surface area (Å²) in [5.74, 6) is 0. The van der Waals surface area contributed by atoms with E-state index >= 15 is 0 Å². The molecule has 1 aromatic heterocycles. The van der Waals surface area contributed by atoms with Crippen molar-refractivity contribution in [2.45, 2.75) is 0 Å². The van der Waals surface area contributed by atoms with Crippen molar-refractivity contribution in [3.63, 3.8) is 0 Å². The van der Waals surface area contributed by atoms with Gasteiger partial charge in [-0.3, -0.25) is 0 Å². The molecule has 0 aliphatic heterocycles. The third-order valence-electron chi connectivity index (χ3n) is 8.09. The summed E-state index contributed by atoms with van der Waals surface area (Å²) in [6.45, 7) is 0. The Kier molecular flexibility index (Phi) is 2.57. The lowest BCUT2D eigenvalue weighted by Gasteiger charge is -2.18. The summed E-state index contributed by atoms with van der Waals surface area (Å²) in [5, 5.41) is -3.56. The minimum Gasteiger partial charge on any atom is -0.455 e. The molecule has 47 heavy (non-hydrogen) atoms. The Bertz CT molecular complexity index is 4120. The number of hydrogen-bond donors (Lipinski definition) is 0. The van der Waals surface area contributed by atoms with Gasteiger partial charge in [-0.05, 0) is 89.2 Å². The van der Waals surface area contributed by atoms with Gasteiger partial charge in [0.25, 0.3) is 0 Å². The lowest BCUT2D eigenvalue weighted by Crippen LogP contribution is -1.91. The van der Waals surface area contributed by atoms with Crippen LogP contribution in [0.3, 0.4) is 0 Å². The SMILES string of the molecule is [2H]c1c([2H])c(-c2ccc(-c3c4c([2H])c([2H])c([2H])c([2H])c4c(-c4c([2H])c([2H])c5c([2H])c([2H])c([2H])c([2H])c5c4[2H])c4c([2H])c([2H])c([2H])c([2H])c34)cc2)c2c(oc3c4c([2H])c([2H])c([2H])c([2H])c4c([2H])c([2H])c32)c1[2H]. The largest absolute Gasteiger partial charge is 0.455 e. The fourth-order valence-corrected chi connectivity index (χ4v) is 6.06. The summed E-state index contributed by atoms with van der Waals surface area (Å²) in [4.78, 5) is 0. The highest BCUT2D eigenvalue weighted by Crippen LogP contribution is 2.45. The van der Waals surface area contributed by atoms with Gasteiger partial charge in [0.1, 0.15) is 11.2 Å². The maximum atomic E-state index is 9.44. The van der Waals surface area contributed by atoms with Crippen LogP contribution in [-0.2, 0) is 0 Å². The fraction of sp³-hybridized carbons (Fsp3) is 0. The van der Waals surface area contributed by atoms with Crippen LogP contribution in [0.2, 0.25) is 0 Å². The van der Waals surface area contributed by atoms with Gasteiger partial charge in [-0.15, -0.1) is 0 Å². The minimum absolute atomic E-state index is 0.0380. The minimum atomic E-state index is -0.842. The molecular formula is C46H28O. The van der Waals surface area contributed by atoms with Crippen LogP contribution in [-0.4, -0.2) is 0 Å². The standard InChI is InChI=1S/C46H28O/c1-2-12-33-28-34(25-20-29(33)10-1)44-39-16-7-5-14-37(39)43(38-15-6-8-17-40(38)44)32-23-21-31(22-24-32)35-18-9-19-42-45(35)41-27-26-30-11-3-4-13-36(30)46(41)47-42/h1-28H/i1D,2D,3D,4D,5D,6D,7D,8D,9D,10D,11D,12D,13D,14D,15D,16D,17D,18D,19D,20D,25D,26D,27D,28D. The highest BCUT2D eigenvalue weighted by Gasteiger charge is 2.18. The van der Waals surface area contributed by atoms with Crippen molar-refractivity contribution in [2.75, 3.05) is 0 Å². The van der Waals surface area contributed by atoms with Crippen molar-refractivity contribution in [3.05, 3.63) is 169 Å². The second-order valence-electron chi connectivity index (χ2n) is 10.6. The molecule has 0 radical (unpaired) electrons. The molecule has 1 nitrogen and oxygen atoms in total. The summed E-state index contributed by atoms with van der Waals surface area (Å²) in [5.41, 5.74) is -1.91. The van der Waals surface area contributed by atoms with Crippen molar-refractivity contribution >= 4 is 65.0 Å². The molecule has 0 spiro atoms. The summed E-state index contributed by atoms with van der Waals surface area (Å²) >= 11 is 0. The summed E-state index contributed by atoms with van der Waals surface area (Å²) < 4.78 is 219. The van der Waals surface area contributed by atoms with Crippen LogP contribution in [0.25, 0.3) is 98.4 Å². The van der Waals surface area contributed by atoms with Crippen LogP contribution in [0.1, 0.15) is 32.9 Å². The maximum Gasteiger partial charge on any atom is 0.143 e. The third-order valence-corrected chi connectivity index (χ3v) is 8.09. The molecule has 0 saturated heterocycles. The van der Waals surface area contributed by atoms with Crippen LogP contribution < -0.4 is 0 Å². The molecule has 0 atom stereocenters. The van der Waals surface area contributed by atoms with E-state index in [4.69, 9.17) is 29.1 Å². The van der Waals surface area contributed by atoms with Gasteiger partial charge in [-0.25, -0.2) is 0 Å². The first-order valence-electron chi connectivity index (χ1n) is 26.2. The smallest absolute Gasteiger partial charge is 0.143 e. The lowest BCUT2D eigenvalue weighted by molar-refractivity contribution is 0.673. The molecule has 0 aliphatic carbocycles. The summed E-state index contributed by atoms with van der Waals surface area (Å²) in [6.07, 6.45) is 0. The van der Waals surface area contributed by atoms with E-state index in [1.54, 1.807) is 0 Å². The van der Waals surface area contributed by atoms with Crippen LogP contribution >= 0.6 is 0 Å². The molecule has 0 amide bonds. The predicted octanol–water partition coefficient (Wildman–Crippen LogP) is 13.2. The Morgan fingerprint density at radius 2 is 0.936 bits per heavy atom. The molecule has 10 rings (SSSR count). The number of fused-ring (bicyclic) bond motifs is 8. The molecule has 0 aliphatic rings. The summed E-state index contributed by atoms with van der Waals surface area (Å²) in [6, 6.07) is -11.7. The van der Waals surface area contributed by atoms with Crippen LogP contribution in [0.4, 0.5) is 0 Å². The van der Waals surface area contributed by atoms with Crippen molar-refractivity contribution in [3.8, 4) is 33.4 Å². The number of hydrogen-bond acceptors (Lipinski definition) is 1. The zero-order chi connectivity index (χ0) is 51.8.